The molecule has 0 unspecified atom stereocenters. The van der Waals surface area contributed by atoms with E-state index in [1.165, 1.54) is 12.0 Å². The van der Waals surface area contributed by atoms with Gasteiger partial charge in [-0.2, -0.15) is 0 Å². The molecule has 0 atom stereocenters. The molecule has 2 aromatic carbocycles. The van der Waals surface area contributed by atoms with Crippen molar-refractivity contribution >= 4 is 40.6 Å². The summed E-state index contributed by atoms with van der Waals surface area (Å²) in [6.45, 7) is 0.251. The number of methoxy groups -OCH3 is 1. The van der Waals surface area contributed by atoms with Gasteiger partial charge in [0.2, 0.25) is 0 Å². The SMILES string of the molecule is C#CCOc1ccc(/C=C2/SC(=O)N(Cc3ccccc3Cl)C2=O)cc1OC. The summed E-state index contributed by atoms with van der Waals surface area (Å²) in [5, 5.41) is 0.176. The second kappa shape index (κ2) is 8.87. The molecule has 1 aliphatic rings. The van der Waals surface area contributed by atoms with E-state index in [1.807, 2.05) is 6.07 Å². The van der Waals surface area contributed by atoms with Crippen LogP contribution in [-0.2, 0) is 11.3 Å². The van der Waals surface area contributed by atoms with Gasteiger partial charge in [0.05, 0.1) is 18.6 Å². The molecule has 2 amide bonds. The lowest BCUT2D eigenvalue weighted by Gasteiger charge is -2.13. The quantitative estimate of drug-likeness (QED) is 0.511. The van der Waals surface area contributed by atoms with Crippen LogP contribution >= 0.6 is 23.4 Å². The Kier molecular flexibility index (Phi) is 6.30. The van der Waals surface area contributed by atoms with E-state index in [0.29, 0.717) is 32.6 Å². The number of halogens is 1. The summed E-state index contributed by atoms with van der Waals surface area (Å²) >= 11 is 7.03. The Morgan fingerprint density at radius 3 is 2.71 bits per heavy atom. The van der Waals surface area contributed by atoms with E-state index < -0.39 is 0 Å². The molecule has 0 spiro atoms. The van der Waals surface area contributed by atoms with Crippen molar-refractivity contribution in [3.8, 4) is 23.8 Å². The van der Waals surface area contributed by atoms with Gasteiger partial charge in [-0.25, -0.2) is 0 Å². The highest BCUT2D eigenvalue weighted by Gasteiger charge is 2.35. The number of carbonyl (C=O) groups excluding carboxylic acids is 2. The molecule has 0 bridgehead atoms. The van der Waals surface area contributed by atoms with E-state index in [1.54, 1.807) is 42.5 Å². The summed E-state index contributed by atoms with van der Waals surface area (Å²) in [6.07, 6.45) is 6.85. The molecule has 1 fully saturated rings. The highest BCUT2D eigenvalue weighted by atomic mass is 35.5. The van der Waals surface area contributed by atoms with Crippen LogP contribution < -0.4 is 9.47 Å². The van der Waals surface area contributed by atoms with Gasteiger partial charge in [-0.15, -0.1) is 6.42 Å². The van der Waals surface area contributed by atoms with Crippen LogP contribution in [0.1, 0.15) is 11.1 Å². The number of carbonyl (C=O) groups is 2. The standard InChI is InChI=1S/C21H16ClNO4S/c1-3-10-27-17-9-8-14(11-18(17)26-2)12-19-20(24)23(21(25)28-19)13-15-6-4-5-7-16(15)22/h1,4-9,11-12H,10,13H2,2H3/b19-12+. The zero-order chi connectivity index (χ0) is 20.1. The number of thioether (sulfide) groups is 1. The third kappa shape index (κ3) is 4.33. The first-order valence-electron chi connectivity index (χ1n) is 8.26. The number of imide groups is 1. The monoisotopic (exact) mass is 413 g/mol. The molecule has 0 N–H and O–H groups in total. The zero-order valence-electron chi connectivity index (χ0n) is 15.0. The Morgan fingerprint density at radius 2 is 2.00 bits per heavy atom. The Labute approximate surface area is 172 Å². The molecular formula is C21H16ClNO4S. The van der Waals surface area contributed by atoms with E-state index in [9.17, 15) is 9.59 Å². The summed E-state index contributed by atoms with van der Waals surface area (Å²) in [7, 11) is 1.51. The smallest absolute Gasteiger partial charge is 0.293 e. The molecule has 5 nitrogen and oxygen atoms in total. The third-order valence-electron chi connectivity index (χ3n) is 3.96. The van der Waals surface area contributed by atoms with Crippen LogP contribution in [0.15, 0.2) is 47.4 Å². The van der Waals surface area contributed by atoms with Gasteiger partial charge >= 0.3 is 0 Å². The molecule has 1 heterocycles. The van der Waals surface area contributed by atoms with Crippen molar-refractivity contribution in [1.29, 1.82) is 0 Å². The fraction of sp³-hybridized carbons (Fsp3) is 0.143. The maximum Gasteiger partial charge on any atom is 0.293 e. The normalized spacial score (nSPS) is 15.0. The first-order chi connectivity index (χ1) is 13.5. The average Bonchev–Trinajstić information content (AvgIpc) is 2.95. The minimum absolute atomic E-state index is 0.122. The first-order valence-corrected chi connectivity index (χ1v) is 9.46. The van der Waals surface area contributed by atoms with Crippen LogP contribution in [0.4, 0.5) is 4.79 Å². The Balaban J connectivity index is 1.81. The lowest BCUT2D eigenvalue weighted by molar-refractivity contribution is -0.123. The van der Waals surface area contributed by atoms with Gasteiger partial charge in [-0.05, 0) is 47.2 Å². The van der Waals surface area contributed by atoms with Crippen molar-refractivity contribution in [3.63, 3.8) is 0 Å². The number of rotatable bonds is 6. The van der Waals surface area contributed by atoms with Gasteiger partial charge < -0.3 is 9.47 Å². The summed E-state index contributed by atoms with van der Waals surface area (Å²) in [4.78, 5) is 26.5. The molecule has 0 aliphatic carbocycles. The first kappa shape index (κ1) is 19.9. The molecular weight excluding hydrogens is 398 g/mol. The molecule has 0 saturated carbocycles. The van der Waals surface area contributed by atoms with Gasteiger partial charge in [0, 0.05) is 5.02 Å². The number of hydrogen-bond donors (Lipinski definition) is 0. The average molecular weight is 414 g/mol. The lowest BCUT2D eigenvalue weighted by Crippen LogP contribution is -2.27. The number of benzene rings is 2. The van der Waals surface area contributed by atoms with E-state index in [4.69, 9.17) is 27.5 Å². The highest BCUT2D eigenvalue weighted by Crippen LogP contribution is 2.35. The summed E-state index contributed by atoms with van der Waals surface area (Å²) in [5.41, 5.74) is 1.41. The number of amides is 2. The van der Waals surface area contributed by atoms with Crippen LogP contribution in [0.3, 0.4) is 0 Å². The van der Waals surface area contributed by atoms with Crippen molar-refractivity contribution < 1.29 is 19.1 Å². The van der Waals surface area contributed by atoms with Crippen molar-refractivity contribution in [2.45, 2.75) is 6.54 Å². The van der Waals surface area contributed by atoms with E-state index in [-0.39, 0.29) is 24.3 Å². The van der Waals surface area contributed by atoms with Crippen LogP contribution in [0.25, 0.3) is 6.08 Å². The second-order valence-corrected chi connectivity index (χ2v) is 7.16. The maximum absolute atomic E-state index is 12.7. The van der Waals surface area contributed by atoms with E-state index in [2.05, 4.69) is 5.92 Å². The molecule has 2 aromatic rings. The van der Waals surface area contributed by atoms with Crippen LogP contribution in [-0.4, -0.2) is 29.8 Å². The Bertz CT molecular complexity index is 996. The van der Waals surface area contributed by atoms with Crippen LogP contribution in [0.2, 0.25) is 5.02 Å². The Morgan fingerprint density at radius 1 is 1.21 bits per heavy atom. The second-order valence-electron chi connectivity index (χ2n) is 5.76. The van der Waals surface area contributed by atoms with Crippen molar-refractivity contribution in [3.05, 3.63) is 63.5 Å². The molecule has 7 heteroatoms. The summed E-state index contributed by atoms with van der Waals surface area (Å²) < 4.78 is 10.7. The fourth-order valence-corrected chi connectivity index (χ4v) is 3.63. The van der Waals surface area contributed by atoms with Crippen LogP contribution in [0.5, 0.6) is 11.5 Å². The summed E-state index contributed by atoms with van der Waals surface area (Å²) in [6, 6.07) is 12.3. The van der Waals surface area contributed by atoms with E-state index >= 15 is 0 Å². The topological polar surface area (TPSA) is 55.8 Å². The van der Waals surface area contributed by atoms with Crippen LogP contribution in [0, 0.1) is 12.3 Å². The minimum atomic E-state index is -0.360. The van der Waals surface area contributed by atoms with Gasteiger partial charge in [-0.1, -0.05) is 41.8 Å². The molecule has 1 saturated heterocycles. The number of hydrogen-bond acceptors (Lipinski definition) is 5. The number of terminal acetylenes is 1. The Hall–Kier alpha value is -2.88. The summed E-state index contributed by atoms with van der Waals surface area (Å²) in [5.74, 6) is 3.02. The fourth-order valence-electron chi connectivity index (χ4n) is 2.60. The van der Waals surface area contributed by atoms with Crippen molar-refractivity contribution in [2.75, 3.05) is 13.7 Å². The van der Waals surface area contributed by atoms with Crippen molar-refractivity contribution in [1.82, 2.24) is 4.90 Å². The molecule has 1 aliphatic heterocycles. The minimum Gasteiger partial charge on any atom is -0.493 e. The van der Waals surface area contributed by atoms with E-state index in [0.717, 1.165) is 11.8 Å². The predicted octanol–water partition coefficient (Wildman–Crippen LogP) is 4.60. The predicted molar refractivity (Wildman–Crippen MR) is 110 cm³/mol. The largest absolute Gasteiger partial charge is 0.493 e. The maximum atomic E-state index is 12.7. The van der Waals surface area contributed by atoms with Gasteiger partial charge in [0.15, 0.2) is 11.5 Å². The van der Waals surface area contributed by atoms with Gasteiger partial charge in [0.1, 0.15) is 6.61 Å². The molecule has 0 radical (unpaired) electrons. The number of nitrogens with zero attached hydrogens (tertiary/aromatic N) is 1. The number of ether oxygens (including phenoxy) is 2. The zero-order valence-corrected chi connectivity index (χ0v) is 16.5. The molecule has 142 valence electrons. The molecule has 0 aromatic heterocycles. The highest BCUT2D eigenvalue weighted by molar-refractivity contribution is 8.18. The molecule has 3 rings (SSSR count). The van der Waals surface area contributed by atoms with Gasteiger partial charge in [-0.3, -0.25) is 14.5 Å². The van der Waals surface area contributed by atoms with Crippen molar-refractivity contribution in [2.24, 2.45) is 0 Å². The van der Waals surface area contributed by atoms with Gasteiger partial charge in [0.25, 0.3) is 11.1 Å². The molecule has 28 heavy (non-hydrogen) atoms. The third-order valence-corrected chi connectivity index (χ3v) is 5.23. The lowest BCUT2D eigenvalue weighted by atomic mass is 10.1.